The fourth-order valence-corrected chi connectivity index (χ4v) is 4.98. The van der Waals surface area contributed by atoms with E-state index in [1.165, 1.54) is 11.1 Å². The lowest BCUT2D eigenvalue weighted by atomic mass is 10.1. The lowest BCUT2D eigenvalue weighted by Gasteiger charge is -2.35. The van der Waals surface area contributed by atoms with Gasteiger partial charge < -0.3 is 19.1 Å². The molecule has 182 valence electrons. The molecular weight excluding hydrogens is 424 g/mol. The van der Waals surface area contributed by atoms with Crippen molar-refractivity contribution in [1.82, 2.24) is 19.3 Å². The molecule has 0 N–H and O–H groups in total. The second kappa shape index (κ2) is 11.1. The minimum Gasteiger partial charge on any atom is -0.497 e. The van der Waals surface area contributed by atoms with Crippen LogP contribution in [-0.2, 0) is 13.0 Å². The number of piperazine rings is 1. The van der Waals surface area contributed by atoms with Crippen LogP contribution < -0.4 is 4.74 Å². The number of aromatic nitrogens is 1. The molecule has 6 nitrogen and oxygen atoms in total. The van der Waals surface area contributed by atoms with E-state index in [4.69, 9.17) is 4.74 Å². The number of carbonyl (C=O) groups is 1. The molecule has 0 spiro atoms. The van der Waals surface area contributed by atoms with Crippen LogP contribution in [0.1, 0.15) is 28.0 Å². The van der Waals surface area contributed by atoms with E-state index < -0.39 is 0 Å². The quantitative estimate of drug-likeness (QED) is 0.484. The Kier molecular flexibility index (Phi) is 7.91. The molecule has 1 saturated heterocycles. The number of aryl methyl sites for hydroxylation is 1. The van der Waals surface area contributed by atoms with Crippen LogP contribution in [0.25, 0.3) is 10.9 Å². The van der Waals surface area contributed by atoms with Gasteiger partial charge in [0.2, 0.25) is 0 Å². The number of para-hydroxylation sites is 1. The molecule has 0 unspecified atom stereocenters. The predicted octanol–water partition coefficient (Wildman–Crippen LogP) is 3.91. The summed E-state index contributed by atoms with van der Waals surface area (Å²) in [6, 6.07) is 16.6. The lowest BCUT2D eigenvalue weighted by molar-refractivity contribution is 0.0639. The Labute approximate surface area is 203 Å². The third-order valence-corrected chi connectivity index (χ3v) is 6.94. The zero-order valence-electron chi connectivity index (χ0n) is 21.1. The molecule has 0 radical (unpaired) electrons. The van der Waals surface area contributed by atoms with Gasteiger partial charge in [0.05, 0.1) is 12.7 Å². The Balaban J connectivity index is 1.40. The Morgan fingerprint density at radius 2 is 1.76 bits per heavy atom. The first-order valence-corrected chi connectivity index (χ1v) is 12.3. The van der Waals surface area contributed by atoms with E-state index in [0.29, 0.717) is 0 Å². The van der Waals surface area contributed by atoms with Crippen molar-refractivity contribution in [2.24, 2.45) is 0 Å². The largest absolute Gasteiger partial charge is 0.497 e. The smallest absolute Gasteiger partial charge is 0.256 e. The molecular formula is C28H38N4O2. The number of hydrogen-bond acceptors (Lipinski definition) is 4. The van der Waals surface area contributed by atoms with Gasteiger partial charge in [-0.25, -0.2) is 0 Å². The van der Waals surface area contributed by atoms with Gasteiger partial charge >= 0.3 is 0 Å². The zero-order valence-corrected chi connectivity index (χ0v) is 21.1. The molecule has 2 aromatic carbocycles. The standard InChI is InChI=1S/C28H38N4O2/c1-22-27(25-11-5-6-12-26(25)32(22)15-8-14-29(2)3)28(33)31-19-17-30(18-20-31)16-13-23-9-7-10-24(21-23)34-4/h5-7,9-12,21H,8,13-20H2,1-4H3. The van der Waals surface area contributed by atoms with E-state index in [2.05, 4.69) is 65.7 Å². The minimum absolute atomic E-state index is 0.174. The molecule has 0 saturated carbocycles. The predicted molar refractivity (Wildman–Crippen MR) is 139 cm³/mol. The Bertz CT molecular complexity index is 1110. The Morgan fingerprint density at radius 1 is 1.00 bits per heavy atom. The summed E-state index contributed by atoms with van der Waals surface area (Å²) in [5.74, 6) is 1.08. The maximum atomic E-state index is 13.7. The minimum atomic E-state index is 0.174. The first-order valence-electron chi connectivity index (χ1n) is 12.3. The fraction of sp³-hybridized carbons (Fsp3) is 0.464. The van der Waals surface area contributed by atoms with Gasteiger partial charge in [-0.2, -0.15) is 0 Å². The van der Waals surface area contributed by atoms with E-state index in [-0.39, 0.29) is 5.91 Å². The highest BCUT2D eigenvalue weighted by Crippen LogP contribution is 2.28. The summed E-state index contributed by atoms with van der Waals surface area (Å²) in [4.78, 5) is 20.4. The van der Waals surface area contributed by atoms with Gasteiger partial charge in [-0.05, 0) is 64.2 Å². The summed E-state index contributed by atoms with van der Waals surface area (Å²) in [6.45, 7) is 8.44. The van der Waals surface area contributed by atoms with Crippen LogP contribution in [0, 0.1) is 6.92 Å². The topological polar surface area (TPSA) is 41.0 Å². The van der Waals surface area contributed by atoms with Crippen LogP contribution in [0.15, 0.2) is 48.5 Å². The van der Waals surface area contributed by atoms with Gasteiger partial charge in [0.1, 0.15) is 5.75 Å². The molecule has 3 aromatic rings. The molecule has 2 heterocycles. The highest BCUT2D eigenvalue weighted by molar-refractivity contribution is 6.08. The van der Waals surface area contributed by atoms with Gasteiger partial charge in [0.15, 0.2) is 0 Å². The summed E-state index contributed by atoms with van der Waals surface area (Å²) in [5.41, 5.74) is 4.42. The number of ether oxygens (including phenoxy) is 1. The number of nitrogens with zero attached hydrogens (tertiary/aromatic N) is 4. The van der Waals surface area contributed by atoms with Crippen molar-refractivity contribution in [3.8, 4) is 5.75 Å². The van der Waals surface area contributed by atoms with Crippen LogP contribution in [0.5, 0.6) is 5.75 Å². The zero-order chi connectivity index (χ0) is 24.1. The number of amides is 1. The molecule has 34 heavy (non-hydrogen) atoms. The van der Waals surface area contributed by atoms with Gasteiger partial charge in [-0.3, -0.25) is 9.69 Å². The number of carbonyl (C=O) groups excluding carboxylic acids is 1. The SMILES string of the molecule is COc1cccc(CCN2CCN(C(=O)c3c(C)n(CCCN(C)C)c4ccccc34)CC2)c1. The van der Waals surface area contributed by atoms with Crippen LogP contribution in [0.2, 0.25) is 0 Å². The van der Waals surface area contributed by atoms with Gasteiger partial charge in [0, 0.05) is 55.9 Å². The Morgan fingerprint density at radius 3 is 2.50 bits per heavy atom. The van der Waals surface area contributed by atoms with E-state index in [9.17, 15) is 4.79 Å². The molecule has 1 amide bonds. The normalized spacial score (nSPS) is 14.8. The molecule has 0 atom stereocenters. The molecule has 4 rings (SSSR count). The summed E-state index contributed by atoms with van der Waals surface area (Å²) in [5, 5.41) is 1.08. The number of rotatable bonds is 9. The van der Waals surface area contributed by atoms with Crippen LogP contribution >= 0.6 is 0 Å². The molecule has 0 bridgehead atoms. The molecule has 0 aliphatic carbocycles. The number of fused-ring (bicyclic) bond motifs is 1. The van der Waals surface area contributed by atoms with E-state index in [1.54, 1.807) is 7.11 Å². The maximum absolute atomic E-state index is 13.7. The molecule has 1 aliphatic heterocycles. The van der Waals surface area contributed by atoms with Gasteiger partial charge in [-0.15, -0.1) is 0 Å². The first-order chi connectivity index (χ1) is 16.5. The van der Waals surface area contributed by atoms with Crippen molar-refractivity contribution >= 4 is 16.8 Å². The second-order valence-electron chi connectivity index (χ2n) is 9.52. The number of hydrogen-bond donors (Lipinski definition) is 0. The van der Waals surface area contributed by atoms with Crippen LogP contribution in [-0.4, -0.2) is 85.6 Å². The number of methoxy groups -OCH3 is 1. The van der Waals surface area contributed by atoms with Crippen molar-refractivity contribution in [2.45, 2.75) is 26.3 Å². The highest BCUT2D eigenvalue weighted by Gasteiger charge is 2.27. The molecule has 6 heteroatoms. The second-order valence-corrected chi connectivity index (χ2v) is 9.52. The molecule has 1 aromatic heterocycles. The van der Waals surface area contributed by atoms with Crippen molar-refractivity contribution in [1.29, 1.82) is 0 Å². The Hall–Kier alpha value is -2.83. The summed E-state index contributed by atoms with van der Waals surface area (Å²) >= 11 is 0. The van der Waals surface area contributed by atoms with Crippen LogP contribution in [0.4, 0.5) is 0 Å². The summed E-state index contributed by atoms with van der Waals surface area (Å²) in [6.07, 6.45) is 2.05. The average Bonchev–Trinajstić information content (AvgIpc) is 3.13. The summed E-state index contributed by atoms with van der Waals surface area (Å²) < 4.78 is 7.67. The maximum Gasteiger partial charge on any atom is 0.256 e. The van der Waals surface area contributed by atoms with Crippen molar-refractivity contribution < 1.29 is 9.53 Å². The fourth-order valence-electron chi connectivity index (χ4n) is 4.98. The molecule has 1 fully saturated rings. The average molecular weight is 463 g/mol. The molecule has 1 aliphatic rings. The third-order valence-electron chi connectivity index (χ3n) is 6.94. The first kappa shape index (κ1) is 24.3. The van der Waals surface area contributed by atoms with E-state index in [1.807, 2.05) is 23.1 Å². The van der Waals surface area contributed by atoms with Crippen molar-refractivity contribution in [2.75, 3.05) is 60.5 Å². The van der Waals surface area contributed by atoms with Crippen molar-refractivity contribution in [3.63, 3.8) is 0 Å². The number of benzene rings is 2. The van der Waals surface area contributed by atoms with Crippen LogP contribution in [0.3, 0.4) is 0 Å². The summed E-state index contributed by atoms with van der Waals surface area (Å²) in [7, 11) is 5.91. The van der Waals surface area contributed by atoms with E-state index >= 15 is 0 Å². The highest BCUT2D eigenvalue weighted by atomic mass is 16.5. The van der Waals surface area contributed by atoms with Gasteiger partial charge in [-0.1, -0.05) is 30.3 Å². The monoisotopic (exact) mass is 462 g/mol. The van der Waals surface area contributed by atoms with E-state index in [0.717, 1.165) is 81.0 Å². The van der Waals surface area contributed by atoms with Crippen molar-refractivity contribution in [3.05, 3.63) is 65.4 Å². The van der Waals surface area contributed by atoms with Gasteiger partial charge in [0.25, 0.3) is 5.91 Å². The third kappa shape index (κ3) is 5.45. The lowest BCUT2D eigenvalue weighted by Crippen LogP contribution is -2.49.